The quantitative estimate of drug-likeness (QED) is 0.333. The topological polar surface area (TPSA) is 102 Å². The predicted molar refractivity (Wildman–Crippen MR) is 148 cm³/mol. The van der Waals surface area contributed by atoms with E-state index in [9.17, 15) is 18.8 Å². The number of hydrogen-bond donors (Lipinski definition) is 2. The number of fused-ring (bicyclic) bond motifs is 1. The van der Waals surface area contributed by atoms with E-state index in [1.165, 1.54) is 16.7 Å². The normalized spacial score (nSPS) is 10.4. The van der Waals surface area contributed by atoms with Gasteiger partial charge in [-0.25, -0.2) is 9.37 Å². The molecule has 4 aromatic rings. The van der Waals surface area contributed by atoms with Crippen LogP contribution in [0, 0.1) is 32.0 Å². The summed E-state index contributed by atoms with van der Waals surface area (Å²) in [6.07, 6.45) is 6.83. The smallest absolute Gasteiger partial charge is 0.300 e. The first-order valence-corrected chi connectivity index (χ1v) is 12.1. The highest BCUT2D eigenvalue weighted by Gasteiger charge is 2.21. The van der Waals surface area contributed by atoms with Crippen LogP contribution in [-0.2, 0) is 11.8 Å². The molecule has 2 aromatic carbocycles. The number of benzene rings is 2. The van der Waals surface area contributed by atoms with Crippen LogP contribution >= 0.6 is 11.3 Å². The molecule has 196 valence electrons. The summed E-state index contributed by atoms with van der Waals surface area (Å²) in [6, 6.07) is 7.66. The molecule has 10 heteroatoms. The van der Waals surface area contributed by atoms with Crippen LogP contribution in [0.25, 0.3) is 21.3 Å². The summed E-state index contributed by atoms with van der Waals surface area (Å²) >= 11 is 1.08. The summed E-state index contributed by atoms with van der Waals surface area (Å²) in [4.78, 5) is 41.5. The fourth-order valence-corrected chi connectivity index (χ4v) is 4.89. The van der Waals surface area contributed by atoms with Gasteiger partial charge < -0.3 is 19.9 Å². The highest BCUT2D eigenvalue weighted by molar-refractivity contribution is 7.20. The van der Waals surface area contributed by atoms with E-state index in [1.54, 1.807) is 52.2 Å². The molecule has 2 aromatic heterocycles. The number of halogens is 1. The minimum absolute atomic E-state index is 0. The Hall–Kier alpha value is -4.49. The summed E-state index contributed by atoms with van der Waals surface area (Å²) in [5.74, 6) is 1.46. The van der Waals surface area contributed by atoms with E-state index in [-0.39, 0.29) is 35.2 Å². The van der Waals surface area contributed by atoms with Crippen molar-refractivity contribution in [1.82, 2.24) is 14.9 Å². The lowest BCUT2D eigenvalue weighted by Gasteiger charge is -2.17. The number of anilines is 1. The number of carbonyl (C=O) groups excluding carboxylic acids is 2. The first-order valence-electron chi connectivity index (χ1n) is 11.3. The summed E-state index contributed by atoms with van der Waals surface area (Å²) in [5.41, 5.74) is 2.40. The van der Waals surface area contributed by atoms with Crippen molar-refractivity contribution >= 4 is 39.1 Å². The maximum absolute atomic E-state index is 13.9. The molecule has 2 heterocycles. The molecule has 0 fully saturated rings. The maximum atomic E-state index is 13.9. The molecule has 0 bridgehead atoms. The number of hydrogen-bond acceptors (Lipinski definition) is 6. The zero-order chi connectivity index (χ0) is 26.9. The number of pyridine rings is 1. The van der Waals surface area contributed by atoms with Crippen molar-refractivity contribution in [3.05, 3.63) is 68.8 Å². The third-order valence-corrected chi connectivity index (χ3v) is 6.63. The summed E-state index contributed by atoms with van der Waals surface area (Å²) < 4.78 is 22.0. The minimum Gasteiger partial charge on any atom is -0.456 e. The van der Waals surface area contributed by atoms with E-state index in [2.05, 4.69) is 15.6 Å². The van der Waals surface area contributed by atoms with E-state index < -0.39 is 5.91 Å². The molecular formula is C28H27FN4O4S. The molecule has 4 rings (SSSR count). The molecule has 0 saturated heterocycles. The minimum atomic E-state index is -0.633. The number of rotatable bonds is 6. The number of aryl methyl sites for hydroxylation is 3. The van der Waals surface area contributed by atoms with Gasteiger partial charge in [0.25, 0.3) is 17.4 Å². The Morgan fingerprint density at radius 3 is 2.50 bits per heavy atom. The van der Waals surface area contributed by atoms with Crippen molar-refractivity contribution in [2.75, 3.05) is 11.9 Å². The van der Waals surface area contributed by atoms with Gasteiger partial charge in [-0.1, -0.05) is 7.43 Å². The lowest BCUT2D eigenvalue weighted by atomic mass is 10.0. The molecule has 2 amide bonds. The fourth-order valence-electron chi connectivity index (χ4n) is 3.89. The van der Waals surface area contributed by atoms with Crippen LogP contribution in [0.15, 0.2) is 41.3 Å². The molecule has 0 aliphatic carbocycles. The lowest BCUT2D eigenvalue weighted by molar-refractivity contribution is -0.111. The molecule has 0 atom stereocenters. The average molecular weight is 535 g/mol. The Kier molecular flexibility index (Phi) is 8.33. The van der Waals surface area contributed by atoms with Gasteiger partial charge in [0.2, 0.25) is 0 Å². The Balaban J connectivity index is 0.00000400. The summed E-state index contributed by atoms with van der Waals surface area (Å²) in [6.45, 7) is 5.66. The number of carbonyl (C=O) groups is 2. The Morgan fingerprint density at radius 1 is 1.18 bits per heavy atom. The van der Waals surface area contributed by atoms with E-state index >= 15 is 0 Å². The van der Waals surface area contributed by atoms with Gasteiger partial charge >= 0.3 is 0 Å². The van der Waals surface area contributed by atoms with Crippen molar-refractivity contribution < 1.29 is 18.7 Å². The van der Waals surface area contributed by atoms with Crippen LogP contribution in [0.2, 0.25) is 0 Å². The van der Waals surface area contributed by atoms with Crippen molar-refractivity contribution in [2.45, 2.75) is 28.2 Å². The molecule has 0 aliphatic heterocycles. The van der Waals surface area contributed by atoms with Gasteiger partial charge in [0, 0.05) is 36.6 Å². The largest absolute Gasteiger partial charge is 0.456 e. The molecule has 38 heavy (non-hydrogen) atoms. The number of ether oxygens (including phenoxy) is 1. The molecule has 0 saturated carbocycles. The van der Waals surface area contributed by atoms with Crippen LogP contribution in [0.1, 0.15) is 35.3 Å². The van der Waals surface area contributed by atoms with Gasteiger partial charge in [0.15, 0.2) is 5.01 Å². The fraction of sp³-hybridized carbons (Fsp3) is 0.214. The van der Waals surface area contributed by atoms with Gasteiger partial charge in [-0.15, -0.1) is 17.8 Å². The third kappa shape index (κ3) is 5.43. The molecule has 0 spiro atoms. The monoisotopic (exact) mass is 534 g/mol. The molecule has 0 radical (unpaired) electrons. The van der Waals surface area contributed by atoms with E-state index in [1.807, 2.05) is 5.92 Å². The average Bonchev–Trinajstić information content (AvgIpc) is 3.30. The zero-order valence-electron chi connectivity index (χ0n) is 20.6. The molecule has 0 unspecified atom stereocenters. The van der Waals surface area contributed by atoms with E-state index in [4.69, 9.17) is 11.2 Å². The first-order chi connectivity index (χ1) is 17.6. The number of thiazole rings is 1. The van der Waals surface area contributed by atoms with Crippen molar-refractivity contribution in [1.29, 1.82) is 0 Å². The lowest BCUT2D eigenvalue weighted by Crippen LogP contribution is -2.22. The second-order valence-electron chi connectivity index (χ2n) is 8.30. The van der Waals surface area contributed by atoms with Crippen LogP contribution in [0.3, 0.4) is 0 Å². The van der Waals surface area contributed by atoms with Crippen LogP contribution in [-0.4, -0.2) is 27.9 Å². The molecular weight excluding hydrogens is 507 g/mol. The van der Waals surface area contributed by atoms with Gasteiger partial charge in [0.1, 0.15) is 22.8 Å². The highest BCUT2D eigenvalue weighted by Crippen LogP contribution is 2.41. The second-order valence-corrected chi connectivity index (χ2v) is 9.29. The van der Waals surface area contributed by atoms with Crippen LogP contribution in [0.4, 0.5) is 10.1 Å². The van der Waals surface area contributed by atoms with Gasteiger partial charge in [-0.3, -0.25) is 14.4 Å². The van der Waals surface area contributed by atoms with Crippen molar-refractivity contribution in [3.63, 3.8) is 0 Å². The Labute approximate surface area is 223 Å². The molecule has 8 nitrogen and oxygen atoms in total. The Bertz CT molecular complexity index is 1640. The molecule has 0 aliphatic rings. The number of aromatic nitrogens is 2. The summed E-state index contributed by atoms with van der Waals surface area (Å²) in [7, 11) is 1.58. The maximum Gasteiger partial charge on any atom is 0.300 e. The number of terminal acetylenes is 1. The number of nitrogens with one attached hydrogen (secondary N) is 2. The number of nitrogens with zero attached hydrogens (tertiary/aromatic N) is 2. The Morgan fingerprint density at radius 2 is 1.87 bits per heavy atom. The van der Waals surface area contributed by atoms with Gasteiger partial charge in [-0.2, -0.15) is 0 Å². The molecule has 2 N–H and O–H groups in total. The second kappa shape index (κ2) is 11.3. The third-order valence-electron chi connectivity index (χ3n) is 5.54. The van der Waals surface area contributed by atoms with Gasteiger partial charge in [-0.05, 0) is 68.2 Å². The number of amides is 2. The SMILES string of the molecule is C.C#CC(=O)Nc1ccc(Oc2c(C)cc(F)cc2C)c(-c2cn(C)c(=O)c3nc(C(=O)NCC)sc23)c1. The van der Waals surface area contributed by atoms with Crippen LogP contribution in [0.5, 0.6) is 11.5 Å². The van der Waals surface area contributed by atoms with E-state index in [0.29, 0.717) is 50.7 Å². The zero-order valence-corrected chi connectivity index (χ0v) is 21.4. The van der Waals surface area contributed by atoms with Crippen molar-refractivity contribution in [3.8, 4) is 35.0 Å². The van der Waals surface area contributed by atoms with Crippen molar-refractivity contribution in [2.24, 2.45) is 7.05 Å². The van der Waals surface area contributed by atoms with E-state index in [0.717, 1.165) is 11.3 Å². The summed E-state index contributed by atoms with van der Waals surface area (Å²) in [5, 5.41) is 5.45. The van der Waals surface area contributed by atoms with Crippen LogP contribution < -0.4 is 20.9 Å². The standard InChI is InChI=1S/C27H23FN4O4S.CH4/c1-6-21(33)30-17-8-9-20(36-23-14(3)10-16(28)11-15(23)4)18(12-17)19-13-32(5)27(35)22-24(19)37-26(31-22)25(34)29-7-2;/h1,8-13H,7H2,2-5H3,(H,29,34)(H,30,33);1H4. The van der Waals surface area contributed by atoms with Gasteiger partial charge in [0.05, 0.1) is 4.70 Å². The predicted octanol–water partition coefficient (Wildman–Crippen LogP) is 5.17. The first kappa shape index (κ1) is 28.1. The highest BCUT2D eigenvalue weighted by atomic mass is 32.1.